The van der Waals surface area contributed by atoms with E-state index < -0.39 is 10.4 Å². The lowest BCUT2D eigenvalue weighted by Crippen LogP contribution is -2.48. The summed E-state index contributed by atoms with van der Waals surface area (Å²) in [5.41, 5.74) is 13.9. The molecule has 1 saturated heterocycles. The van der Waals surface area contributed by atoms with Gasteiger partial charge in [-0.25, -0.2) is 9.97 Å². The van der Waals surface area contributed by atoms with Gasteiger partial charge in [-0.1, -0.05) is 47.6 Å². The van der Waals surface area contributed by atoms with Crippen molar-refractivity contribution in [3.63, 3.8) is 0 Å². The Morgan fingerprint density at radius 2 is 1.97 bits per heavy atom. The van der Waals surface area contributed by atoms with Gasteiger partial charge in [0.1, 0.15) is 22.4 Å². The summed E-state index contributed by atoms with van der Waals surface area (Å²) in [6, 6.07) is 9.64. The molecule has 176 valence electrons. The molecule has 2 aromatic rings. The quantitative estimate of drug-likeness (QED) is 0.340. The Morgan fingerprint density at radius 3 is 2.64 bits per heavy atom. The highest BCUT2D eigenvalue weighted by Gasteiger charge is 2.41. The fraction of sp³-hybridized carbons (Fsp3) is 0.409. The van der Waals surface area contributed by atoms with Gasteiger partial charge in [0.15, 0.2) is 0 Å². The number of primary amides is 1. The van der Waals surface area contributed by atoms with Crippen molar-refractivity contribution in [1.29, 1.82) is 0 Å². The summed E-state index contributed by atoms with van der Waals surface area (Å²) in [6.45, 7) is 8.98. The highest BCUT2D eigenvalue weighted by atomic mass is 35.5. The van der Waals surface area contributed by atoms with Crippen LogP contribution in [0.25, 0.3) is 5.70 Å². The van der Waals surface area contributed by atoms with Crippen LogP contribution >= 0.6 is 23.4 Å². The van der Waals surface area contributed by atoms with Gasteiger partial charge in [-0.15, -0.1) is 0 Å². The summed E-state index contributed by atoms with van der Waals surface area (Å²) >= 11 is 8.02. The number of benzene rings is 1. The molecule has 2 aliphatic rings. The minimum absolute atomic E-state index is 0.369. The Kier molecular flexibility index (Phi) is 6.99. The molecule has 1 fully saturated rings. The Hall–Kier alpha value is -2.53. The van der Waals surface area contributed by atoms with Crippen molar-refractivity contribution in [2.24, 2.45) is 11.5 Å². The molecule has 33 heavy (non-hydrogen) atoms. The number of thioether (sulfide) groups is 1. The van der Waals surface area contributed by atoms with Gasteiger partial charge < -0.3 is 27.0 Å². The van der Waals surface area contributed by atoms with E-state index in [9.17, 15) is 4.79 Å². The maximum atomic E-state index is 12.2. The van der Waals surface area contributed by atoms with E-state index in [1.54, 1.807) is 0 Å². The normalized spacial score (nSPS) is 21.3. The maximum absolute atomic E-state index is 12.2. The van der Waals surface area contributed by atoms with Crippen LogP contribution in [0.5, 0.6) is 0 Å². The number of nitrogens with zero attached hydrogens (tertiary/aromatic N) is 4. The van der Waals surface area contributed by atoms with Gasteiger partial charge in [0.25, 0.3) is 5.91 Å². The fourth-order valence-corrected chi connectivity index (χ4v) is 5.41. The van der Waals surface area contributed by atoms with Crippen LogP contribution in [0, 0.1) is 13.8 Å². The summed E-state index contributed by atoms with van der Waals surface area (Å²) in [5.74, 6) is 1.49. The van der Waals surface area contributed by atoms with Crippen molar-refractivity contribution < 1.29 is 4.79 Å². The molecule has 9 nitrogen and oxygen atoms in total. The molecule has 11 heteroatoms. The number of amides is 1. The van der Waals surface area contributed by atoms with Crippen molar-refractivity contribution in [1.82, 2.24) is 20.2 Å². The number of hydrogen-bond acceptors (Lipinski definition) is 9. The van der Waals surface area contributed by atoms with E-state index in [1.165, 1.54) is 0 Å². The number of aryl methyl sites for hydroxylation is 2. The predicted octanol–water partition coefficient (Wildman–Crippen LogP) is 1.63. The average molecular weight is 489 g/mol. The maximum Gasteiger partial charge on any atom is 0.257 e. The van der Waals surface area contributed by atoms with Gasteiger partial charge in [0, 0.05) is 50.9 Å². The highest BCUT2D eigenvalue weighted by Crippen LogP contribution is 2.45. The van der Waals surface area contributed by atoms with Crippen LogP contribution in [0.2, 0.25) is 0 Å². The number of rotatable bonds is 7. The third-order valence-corrected chi connectivity index (χ3v) is 7.16. The first-order valence-electron chi connectivity index (χ1n) is 10.9. The molecule has 0 aliphatic carbocycles. The van der Waals surface area contributed by atoms with Crippen LogP contribution < -0.4 is 27.0 Å². The summed E-state index contributed by atoms with van der Waals surface area (Å²) in [7, 11) is 0. The third kappa shape index (κ3) is 5.35. The second-order valence-corrected chi connectivity index (χ2v) is 10.1. The number of piperazine rings is 1. The zero-order valence-corrected chi connectivity index (χ0v) is 20.3. The first kappa shape index (κ1) is 23.6. The van der Waals surface area contributed by atoms with Gasteiger partial charge in [-0.3, -0.25) is 9.69 Å². The second kappa shape index (κ2) is 9.76. The van der Waals surface area contributed by atoms with Gasteiger partial charge in [0.05, 0.1) is 5.70 Å². The first-order chi connectivity index (χ1) is 15.8. The van der Waals surface area contributed by atoms with Gasteiger partial charge in [-0.05, 0) is 19.4 Å². The average Bonchev–Trinajstić information content (AvgIpc) is 3.11. The van der Waals surface area contributed by atoms with Crippen molar-refractivity contribution >= 4 is 46.6 Å². The van der Waals surface area contributed by atoms with Crippen molar-refractivity contribution in [2.45, 2.75) is 18.3 Å². The Bertz CT molecular complexity index is 1070. The van der Waals surface area contributed by atoms with Crippen LogP contribution in [-0.2, 0) is 4.79 Å². The molecule has 4 rings (SSSR count). The molecule has 1 amide bonds. The first-order valence-corrected chi connectivity index (χ1v) is 12.0. The molecular formula is C22H29ClN8OS. The molecule has 0 bridgehead atoms. The molecule has 6 N–H and O–H groups in total. The zero-order valence-electron chi connectivity index (χ0n) is 18.8. The topological polar surface area (TPSA) is 125 Å². The summed E-state index contributed by atoms with van der Waals surface area (Å²) in [5, 5.41) is 6.48. The number of nitrogens with one attached hydrogen (secondary N) is 2. The third-order valence-electron chi connectivity index (χ3n) is 5.65. The fourth-order valence-electron chi connectivity index (χ4n) is 4.03. The smallest absolute Gasteiger partial charge is 0.257 e. The van der Waals surface area contributed by atoms with Crippen molar-refractivity contribution in [3.8, 4) is 0 Å². The molecule has 0 radical (unpaired) electrons. The summed E-state index contributed by atoms with van der Waals surface area (Å²) < 4.78 is -1.22. The standard InChI is InChI=1S/C22H29ClN8OS/c1-14-5-3-4-6-16(14)19-20(21(25)32)33-22(23,29-19)28-17-13-18(27-15(2)26-17)31-11-9-30(8-7-24)10-12-31/h3-6,13,29H,7-12,24H2,1-2H3,(H2,25,32)(H,26,27,28). The van der Waals surface area contributed by atoms with Crippen molar-refractivity contribution in [3.05, 3.63) is 52.2 Å². The van der Waals surface area contributed by atoms with Gasteiger partial charge in [-0.2, -0.15) is 0 Å². The molecule has 1 aromatic heterocycles. The lowest BCUT2D eigenvalue weighted by molar-refractivity contribution is -0.113. The molecule has 2 aliphatic heterocycles. The molecule has 1 aromatic carbocycles. The minimum Gasteiger partial charge on any atom is -0.365 e. The number of alkyl halides is 1. The minimum atomic E-state index is -1.22. The predicted molar refractivity (Wildman–Crippen MR) is 135 cm³/mol. The van der Waals surface area contributed by atoms with E-state index in [0.717, 1.165) is 61.4 Å². The largest absolute Gasteiger partial charge is 0.365 e. The highest BCUT2D eigenvalue weighted by molar-refractivity contribution is 8.07. The summed E-state index contributed by atoms with van der Waals surface area (Å²) in [4.78, 5) is 26.3. The molecule has 3 heterocycles. The number of carbonyl (C=O) groups is 1. The molecular weight excluding hydrogens is 460 g/mol. The molecule has 0 spiro atoms. The zero-order chi connectivity index (χ0) is 23.6. The Morgan fingerprint density at radius 1 is 1.24 bits per heavy atom. The number of carbonyl (C=O) groups excluding carboxylic acids is 1. The monoisotopic (exact) mass is 488 g/mol. The van der Waals surface area contributed by atoms with E-state index in [2.05, 4.69) is 30.4 Å². The van der Waals surface area contributed by atoms with E-state index in [0.29, 0.717) is 28.8 Å². The lowest BCUT2D eigenvalue weighted by atomic mass is 10.1. The Balaban J connectivity index is 1.53. The van der Waals surface area contributed by atoms with E-state index in [-0.39, 0.29) is 0 Å². The van der Waals surface area contributed by atoms with Gasteiger partial charge in [0.2, 0.25) is 4.45 Å². The number of halogens is 1. The SMILES string of the molecule is Cc1nc(NC2(Cl)NC(c3ccccc3C)=C(C(N)=O)S2)cc(N2CCN(CCN)CC2)n1. The van der Waals surface area contributed by atoms with Gasteiger partial charge >= 0.3 is 0 Å². The molecule has 1 atom stereocenters. The van der Waals surface area contributed by atoms with Crippen molar-refractivity contribution in [2.75, 3.05) is 49.5 Å². The van der Waals surface area contributed by atoms with E-state index in [1.807, 2.05) is 44.2 Å². The molecule has 0 saturated carbocycles. The van der Waals surface area contributed by atoms with Crippen LogP contribution in [0.4, 0.5) is 11.6 Å². The lowest BCUT2D eigenvalue weighted by Gasteiger charge is -2.35. The second-order valence-electron chi connectivity index (χ2n) is 8.11. The van der Waals surface area contributed by atoms with E-state index >= 15 is 0 Å². The van der Waals surface area contributed by atoms with E-state index in [4.69, 9.17) is 23.1 Å². The Labute approximate surface area is 202 Å². The number of nitrogens with two attached hydrogens (primary N) is 2. The number of aromatic nitrogens is 2. The van der Waals surface area contributed by atoms with Crippen LogP contribution in [0.1, 0.15) is 17.0 Å². The molecule has 1 unspecified atom stereocenters. The van der Waals surface area contributed by atoms with Crippen LogP contribution in [0.3, 0.4) is 0 Å². The number of hydrogen-bond donors (Lipinski definition) is 4. The van der Waals surface area contributed by atoms with Crippen LogP contribution in [0.15, 0.2) is 35.2 Å². The number of anilines is 2. The van der Waals surface area contributed by atoms with Crippen LogP contribution in [-0.4, -0.2) is 64.5 Å². The summed E-state index contributed by atoms with van der Waals surface area (Å²) in [6.07, 6.45) is 0.